The predicted octanol–water partition coefficient (Wildman–Crippen LogP) is 5.85. The van der Waals surface area contributed by atoms with E-state index in [1.807, 2.05) is 0 Å². The Bertz CT molecular complexity index is 1320. The van der Waals surface area contributed by atoms with Crippen LogP contribution in [-0.2, 0) is 0 Å². The average molecular weight is 535 g/mol. The summed E-state index contributed by atoms with van der Waals surface area (Å²) in [7, 11) is -3.24. The fraction of sp³-hybridized carbons (Fsp3) is 0.333. The molecule has 0 radical (unpaired) electrons. The highest BCUT2D eigenvalue weighted by Crippen LogP contribution is 2.23. The van der Waals surface area contributed by atoms with E-state index in [1.165, 1.54) is 66.8 Å². The molecule has 198 valence electrons. The molecule has 0 aliphatic heterocycles. The Morgan fingerprint density at radius 3 is 0.789 bits per heavy atom. The van der Waals surface area contributed by atoms with Crippen molar-refractivity contribution >= 4 is 37.4 Å². The summed E-state index contributed by atoms with van der Waals surface area (Å²) in [4.78, 5) is 0. The number of rotatable bonds is 5. The molecule has 0 aliphatic carbocycles. The van der Waals surface area contributed by atoms with Crippen LogP contribution < -0.4 is 20.7 Å². The predicted molar refractivity (Wildman–Crippen MR) is 175 cm³/mol. The zero-order valence-electron chi connectivity index (χ0n) is 25.8. The first-order chi connectivity index (χ1) is 17.8. The Hall–Kier alpha value is -2.69. The van der Waals surface area contributed by atoms with Crippen LogP contribution in [0.2, 0.25) is 0 Å². The minimum atomic E-state index is -2.44. The van der Waals surface area contributed by atoms with E-state index in [0.717, 1.165) is 0 Å². The van der Waals surface area contributed by atoms with Crippen LogP contribution in [0.3, 0.4) is 0 Å². The van der Waals surface area contributed by atoms with Gasteiger partial charge in [-0.2, -0.15) is 0 Å². The van der Waals surface area contributed by atoms with Crippen molar-refractivity contribution in [3.05, 3.63) is 115 Å². The molecule has 0 unspecified atom stereocenters. The summed E-state index contributed by atoms with van der Waals surface area (Å²) >= 11 is 0. The smallest absolute Gasteiger partial charge is 0.0625 e. The molecule has 38 heavy (non-hydrogen) atoms. The highest BCUT2D eigenvalue weighted by atomic mass is 29.2. The Kier molecular flexibility index (Phi) is 7.80. The molecule has 0 bridgehead atoms. The third kappa shape index (κ3) is 4.89. The van der Waals surface area contributed by atoms with E-state index in [0.29, 0.717) is 0 Å². The maximum absolute atomic E-state index is 2.45. The Morgan fingerprint density at radius 1 is 0.342 bits per heavy atom. The van der Waals surface area contributed by atoms with Crippen molar-refractivity contribution in [3.8, 4) is 0 Å². The lowest BCUT2D eigenvalue weighted by atomic mass is 10.1. The van der Waals surface area contributed by atoms with E-state index < -0.39 is 16.6 Å². The number of hydrogen-bond donors (Lipinski definition) is 0. The maximum Gasteiger partial charge on any atom is 0.139 e. The standard InChI is InChI=1S/C36H46Si2/c1-21-13-25(5)33(26(6)14-21)37-38(34-27(7)15-22(2)16-28(34)8,35-29(9)17-23(3)18-30(35)10)36-31(11)19-24(4)20-32(36)12/h13-20H,37H2,1-12H3. The zero-order chi connectivity index (χ0) is 28.1. The van der Waals surface area contributed by atoms with Crippen LogP contribution in [0.1, 0.15) is 66.8 Å². The summed E-state index contributed by atoms with van der Waals surface area (Å²) in [6, 6.07) is 19.5. The second kappa shape index (κ2) is 10.5. The highest BCUT2D eigenvalue weighted by Gasteiger charge is 2.46. The molecule has 0 saturated carbocycles. The molecule has 0 spiro atoms. The second-order valence-corrected chi connectivity index (χ2v) is 20.9. The average Bonchev–Trinajstić information content (AvgIpc) is 2.73. The third-order valence-electron chi connectivity index (χ3n) is 8.59. The van der Waals surface area contributed by atoms with Crippen molar-refractivity contribution in [1.29, 1.82) is 0 Å². The fourth-order valence-electron chi connectivity index (χ4n) is 7.95. The van der Waals surface area contributed by atoms with Crippen LogP contribution in [0.4, 0.5) is 0 Å². The first-order valence-electron chi connectivity index (χ1n) is 14.1. The number of benzene rings is 4. The first kappa shape index (κ1) is 28.3. The first-order valence-corrected chi connectivity index (χ1v) is 19.1. The van der Waals surface area contributed by atoms with Gasteiger partial charge in [0.1, 0.15) is 7.59 Å². The quantitative estimate of drug-likeness (QED) is 0.223. The van der Waals surface area contributed by atoms with Gasteiger partial charge in [0.2, 0.25) is 0 Å². The van der Waals surface area contributed by atoms with Gasteiger partial charge in [0.05, 0.1) is 9.04 Å². The van der Waals surface area contributed by atoms with Crippen molar-refractivity contribution in [2.45, 2.75) is 83.1 Å². The Labute approximate surface area is 235 Å². The van der Waals surface area contributed by atoms with Gasteiger partial charge in [-0.1, -0.05) is 120 Å². The monoisotopic (exact) mass is 534 g/mol. The summed E-state index contributed by atoms with van der Waals surface area (Å²) in [5, 5.41) is 6.66. The van der Waals surface area contributed by atoms with E-state index in [2.05, 4.69) is 132 Å². The van der Waals surface area contributed by atoms with Crippen LogP contribution >= 0.6 is 0 Å². The van der Waals surface area contributed by atoms with Crippen LogP contribution in [0.5, 0.6) is 0 Å². The molecule has 2 heteroatoms. The second-order valence-electron chi connectivity index (χ2n) is 12.3. The van der Waals surface area contributed by atoms with Gasteiger partial charge in [-0.05, 0) is 98.6 Å². The topological polar surface area (TPSA) is 0 Å². The van der Waals surface area contributed by atoms with Crippen LogP contribution in [-0.4, -0.2) is 16.6 Å². The Balaban J connectivity index is 2.32. The van der Waals surface area contributed by atoms with E-state index in [1.54, 1.807) is 20.7 Å². The number of aryl methyl sites for hydroxylation is 12. The van der Waals surface area contributed by atoms with Gasteiger partial charge in [-0.25, -0.2) is 0 Å². The van der Waals surface area contributed by atoms with Crippen molar-refractivity contribution in [1.82, 2.24) is 0 Å². The molecule has 0 aliphatic rings. The minimum Gasteiger partial charge on any atom is -0.0625 e. The molecule has 0 nitrogen and oxygen atoms in total. The lowest BCUT2D eigenvalue weighted by Gasteiger charge is -2.41. The summed E-state index contributed by atoms with van der Waals surface area (Å²) < 4.78 is 0. The normalized spacial score (nSPS) is 12.1. The number of hydrogen-bond acceptors (Lipinski definition) is 0. The third-order valence-corrected chi connectivity index (χ3v) is 21.4. The van der Waals surface area contributed by atoms with Crippen LogP contribution in [0.15, 0.2) is 48.5 Å². The largest absolute Gasteiger partial charge is 0.139 e. The van der Waals surface area contributed by atoms with Gasteiger partial charge in [0.25, 0.3) is 0 Å². The van der Waals surface area contributed by atoms with Gasteiger partial charge in [0.15, 0.2) is 0 Å². The summed E-state index contributed by atoms with van der Waals surface area (Å²) in [6.45, 7) is 28.0. The zero-order valence-corrected chi connectivity index (χ0v) is 28.2. The van der Waals surface area contributed by atoms with Gasteiger partial charge in [-0.15, -0.1) is 0 Å². The van der Waals surface area contributed by atoms with E-state index in [4.69, 9.17) is 0 Å². The van der Waals surface area contributed by atoms with Crippen molar-refractivity contribution in [2.75, 3.05) is 0 Å². The van der Waals surface area contributed by atoms with Crippen LogP contribution in [0, 0.1) is 83.1 Å². The fourth-order valence-corrected chi connectivity index (χ4v) is 24.9. The molecule has 0 heterocycles. The van der Waals surface area contributed by atoms with Gasteiger partial charge < -0.3 is 0 Å². The minimum absolute atomic E-state index is 0.799. The highest BCUT2D eigenvalue weighted by molar-refractivity contribution is 7.47. The van der Waals surface area contributed by atoms with Crippen molar-refractivity contribution in [2.24, 2.45) is 0 Å². The molecular formula is C36H46Si2. The van der Waals surface area contributed by atoms with Gasteiger partial charge >= 0.3 is 0 Å². The van der Waals surface area contributed by atoms with Gasteiger partial charge in [-0.3, -0.25) is 0 Å². The molecule has 0 amide bonds. The molecule has 4 rings (SSSR count). The lowest BCUT2D eigenvalue weighted by molar-refractivity contribution is 1.32. The molecule has 0 atom stereocenters. The summed E-state index contributed by atoms with van der Waals surface area (Å²) in [5.74, 6) is 0. The van der Waals surface area contributed by atoms with Crippen LogP contribution in [0.25, 0.3) is 0 Å². The molecule has 0 N–H and O–H groups in total. The lowest BCUT2D eigenvalue weighted by Crippen LogP contribution is -2.77. The summed E-state index contributed by atoms with van der Waals surface area (Å²) in [6.07, 6.45) is 0. The molecule has 4 aromatic carbocycles. The van der Waals surface area contributed by atoms with E-state index >= 15 is 0 Å². The molecular weight excluding hydrogens is 489 g/mol. The van der Waals surface area contributed by atoms with E-state index in [-0.39, 0.29) is 0 Å². The van der Waals surface area contributed by atoms with Crippen molar-refractivity contribution < 1.29 is 0 Å². The summed E-state index contributed by atoms with van der Waals surface area (Å²) in [5.41, 5.74) is 17.3. The maximum atomic E-state index is 2.45. The molecule has 4 aromatic rings. The molecule has 0 aromatic heterocycles. The SMILES string of the molecule is Cc1cc(C)c([SiH2][Si](c2c(C)cc(C)cc2C)(c2c(C)cc(C)cc2C)c2c(C)cc(C)cc2C)c(C)c1. The Morgan fingerprint density at radius 2 is 0.553 bits per heavy atom. The molecule has 0 saturated heterocycles. The van der Waals surface area contributed by atoms with E-state index in [9.17, 15) is 0 Å². The van der Waals surface area contributed by atoms with Gasteiger partial charge in [0, 0.05) is 0 Å². The van der Waals surface area contributed by atoms with Crippen molar-refractivity contribution in [3.63, 3.8) is 0 Å². The molecule has 0 fully saturated rings.